The van der Waals surface area contributed by atoms with E-state index in [1.165, 1.54) is 0 Å². The highest BCUT2D eigenvalue weighted by Crippen LogP contribution is 2.20. The number of hydrogen-bond donors (Lipinski definition) is 2. The number of carbonyl (C=O) groups is 1. The van der Waals surface area contributed by atoms with Crippen molar-refractivity contribution in [3.05, 3.63) is 64.7 Å². The predicted octanol–water partition coefficient (Wildman–Crippen LogP) is 3.02. The fourth-order valence-corrected chi connectivity index (χ4v) is 2.32. The molecule has 0 aliphatic carbocycles. The molecule has 0 bridgehead atoms. The molecule has 0 spiro atoms. The van der Waals surface area contributed by atoms with Gasteiger partial charge in [-0.1, -0.05) is 42.0 Å². The SMILES string of the molecule is CCOc1cc(C)ccc1CNC(=O)C(N)c1ccc(C)cc1. The van der Waals surface area contributed by atoms with Crippen molar-refractivity contribution in [2.24, 2.45) is 5.73 Å². The van der Waals surface area contributed by atoms with Crippen molar-refractivity contribution in [3.63, 3.8) is 0 Å². The van der Waals surface area contributed by atoms with Crippen LogP contribution in [0.25, 0.3) is 0 Å². The fraction of sp³-hybridized carbons (Fsp3) is 0.316. The molecule has 0 saturated heterocycles. The van der Waals surface area contributed by atoms with Gasteiger partial charge in [-0.25, -0.2) is 0 Å². The van der Waals surface area contributed by atoms with Crippen molar-refractivity contribution in [3.8, 4) is 5.75 Å². The number of nitrogens with two attached hydrogens (primary N) is 1. The van der Waals surface area contributed by atoms with Crippen molar-refractivity contribution >= 4 is 5.91 Å². The van der Waals surface area contributed by atoms with Gasteiger partial charge in [0, 0.05) is 12.1 Å². The number of nitrogens with one attached hydrogen (secondary N) is 1. The van der Waals surface area contributed by atoms with Gasteiger partial charge < -0.3 is 15.8 Å². The van der Waals surface area contributed by atoms with E-state index in [1.807, 2.05) is 63.2 Å². The van der Waals surface area contributed by atoms with Crippen LogP contribution in [0.4, 0.5) is 0 Å². The minimum Gasteiger partial charge on any atom is -0.494 e. The molecule has 4 heteroatoms. The van der Waals surface area contributed by atoms with Gasteiger partial charge in [0.1, 0.15) is 11.8 Å². The van der Waals surface area contributed by atoms with Gasteiger partial charge in [0.2, 0.25) is 5.91 Å². The van der Waals surface area contributed by atoms with E-state index in [9.17, 15) is 4.79 Å². The van der Waals surface area contributed by atoms with E-state index in [4.69, 9.17) is 10.5 Å². The van der Waals surface area contributed by atoms with Gasteiger partial charge in [0.15, 0.2) is 0 Å². The largest absolute Gasteiger partial charge is 0.494 e. The maximum Gasteiger partial charge on any atom is 0.241 e. The second kappa shape index (κ2) is 7.79. The predicted molar refractivity (Wildman–Crippen MR) is 92.3 cm³/mol. The highest BCUT2D eigenvalue weighted by Gasteiger charge is 2.16. The zero-order valence-corrected chi connectivity index (χ0v) is 13.9. The van der Waals surface area contributed by atoms with E-state index < -0.39 is 6.04 Å². The van der Waals surface area contributed by atoms with Crippen molar-refractivity contribution in [2.75, 3.05) is 6.61 Å². The van der Waals surface area contributed by atoms with E-state index in [-0.39, 0.29) is 5.91 Å². The summed E-state index contributed by atoms with van der Waals surface area (Å²) in [5, 5.41) is 2.89. The molecular weight excluding hydrogens is 288 g/mol. The van der Waals surface area contributed by atoms with Crippen LogP contribution in [0, 0.1) is 13.8 Å². The topological polar surface area (TPSA) is 64.3 Å². The molecule has 1 amide bonds. The number of ether oxygens (including phenoxy) is 1. The smallest absolute Gasteiger partial charge is 0.241 e. The van der Waals surface area contributed by atoms with Crippen LogP contribution in [0.15, 0.2) is 42.5 Å². The number of hydrogen-bond acceptors (Lipinski definition) is 3. The summed E-state index contributed by atoms with van der Waals surface area (Å²) in [5.74, 6) is 0.605. The Morgan fingerprint density at radius 2 is 1.78 bits per heavy atom. The molecule has 2 aromatic carbocycles. The van der Waals surface area contributed by atoms with Crippen LogP contribution in [0.5, 0.6) is 5.75 Å². The summed E-state index contributed by atoms with van der Waals surface area (Å²) in [6.07, 6.45) is 0. The Labute approximate surface area is 137 Å². The van der Waals surface area contributed by atoms with Crippen LogP contribution in [0.1, 0.15) is 35.2 Å². The Bertz CT molecular complexity index is 666. The lowest BCUT2D eigenvalue weighted by atomic mass is 10.1. The first-order chi connectivity index (χ1) is 11.0. The molecule has 4 nitrogen and oxygen atoms in total. The van der Waals surface area contributed by atoms with E-state index in [2.05, 4.69) is 5.32 Å². The van der Waals surface area contributed by atoms with Crippen LogP contribution in [-0.4, -0.2) is 12.5 Å². The van der Waals surface area contributed by atoms with Gasteiger partial charge in [0.05, 0.1) is 6.61 Å². The first kappa shape index (κ1) is 17.0. The Morgan fingerprint density at radius 1 is 1.13 bits per heavy atom. The number of rotatable bonds is 6. The van der Waals surface area contributed by atoms with Crippen molar-refractivity contribution in [1.82, 2.24) is 5.32 Å². The molecule has 2 aromatic rings. The summed E-state index contributed by atoms with van der Waals surface area (Å²) >= 11 is 0. The Balaban J connectivity index is 2.02. The van der Waals surface area contributed by atoms with E-state index in [0.717, 1.165) is 28.0 Å². The van der Waals surface area contributed by atoms with Crippen LogP contribution >= 0.6 is 0 Å². The van der Waals surface area contributed by atoms with Crippen LogP contribution in [-0.2, 0) is 11.3 Å². The van der Waals surface area contributed by atoms with Crippen molar-refractivity contribution in [2.45, 2.75) is 33.4 Å². The first-order valence-electron chi connectivity index (χ1n) is 7.83. The molecule has 0 saturated carbocycles. The molecule has 1 atom stereocenters. The third kappa shape index (κ3) is 4.57. The fourth-order valence-electron chi connectivity index (χ4n) is 2.32. The van der Waals surface area contributed by atoms with Gasteiger partial charge in [-0.3, -0.25) is 4.79 Å². The number of amides is 1. The minimum absolute atomic E-state index is 0.197. The molecule has 23 heavy (non-hydrogen) atoms. The molecule has 0 radical (unpaired) electrons. The lowest BCUT2D eigenvalue weighted by molar-refractivity contribution is -0.122. The lowest BCUT2D eigenvalue weighted by Gasteiger charge is -2.15. The normalized spacial score (nSPS) is 11.8. The Hall–Kier alpha value is -2.33. The summed E-state index contributed by atoms with van der Waals surface area (Å²) in [4.78, 5) is 12.3. The van der Waals surface area contributed by atoms with Gasteiger partial charge in [-0.2, -0.15) is 0 Å². The molecule has 2 rings (SSSR count). The molecule has 3 N–H and O–H groups in total. The van der Waals surface area contributed by atoms with Gasteiger partial charge >= 0.3 is 0 Å². The monoisotopic (exact) mass is 312 g/mol. The van der Waals surface area contributed by atoms with Gasteiger partial charge in [-0.05, 0) is 38.0 Å². The van der Waals surface area contributed by atoms with E-state index in [1.54, 1.807) is 0 Å². The Morgan fingerprint density at radius 3 is 2.43 bits per heavy atom. The summed E-state index contributed by atoms with van der Waals surface area (Å²) in [5.41, 5.74) is 10.0. The van der Waals surface area contributed by atoms with Crippen LogP contribution in [0.2, 0.25) is 0 Å². The standard InChI is InChI=1S/C19H24N2O2/c1-4-23-17-11-14(3)7-10-16(17)12-21-19(22)18(20)15-8-5-13(2)6-9-15/h5-11,18H,4,12,20H2,1-3H3,(H,21,22). The quantitative estimate of drug-likeness (QED) is 0.862. The minimum atomic E-state index is -0.670. The molecule has 122 valence electrons. The number of carbonyl (C=O) groups excluding carboxylic acids is 1. The van der Waals surface area contributed by atoms with Gasteiger partial charge in [-0.15, -0.1) is 0 Å². The maximum absolute atomic E-state index is 12.3. The van der Waals surface area contributed by atoms with E-state index >= 15 is 0 Å². The average Bonchev–Trinajstić information content (AvgIpc) is 2.54. The maximum atomic E-state index is 12.3. The summed E-state index contributed by atoms with van der Waals surface area (Å²) in [7, 11) is 0. The summed E-state index contributed by atoms with van der Waals surface area (Å²) in [6, 6.07) is 13.0. The van der Waals surface area contributed by atoms with Gasteiger partial charge in [0.25, 0.3) is 0 Å². The summed E-state index contributed by atoms with van der Waals surface area (Å²) in [6.45, 7) is 6.94. The molecular formula is C19H24N2O2. The van der Waals surface area contributed by atoms with Crippen molar-refractivity contribution < 1.29 is 9.53 Å². The third-order valence-electron chi connectivity index (χ3n) is 3.69. The lowest BCUT2D eigenvalue weighted by Crippen LogP contribution is -2.33. The second-order valence-corrected chi connectivity index (χ2v) is 5.65. The second-order valence-electron chi connectivity index (χ2n) is 5.65. The zero-order chi connectivity index (χ0) is 16.8. The van der Waals surface area contributed by atoms with Crippen LogP contribution < -0.4 is 15.8 Å². The number of aryl methyl sites for hydroxylation is 2. The highest BCUT2D eigenvalue weighted by molar-refractivity contribution is 5.82. The Kier molecular flexibility index (Phi) is 5.77. The number of benzene rings is 2. The summed E-state index contributed by atoms with van der Waals surface area (Å²) < 4.78 is 5.63. The van der Waals surface area contributed by atoms with Crippen molar-refractivity contribution in [1.29, 1.82) is 0 Å². The molecule has 1 unspecified atom stereocenters. The highest BCUT2D eigenvalue weighted by atomic mass is 16.5. The molecule has 0 fully saturated rings. The molecule has 0 aromatic heterocycles. The average molecular weight is 312 g/mol. The molecule has 0 aliphatic rings. The zero-order valence-electron chi connectivity index (χ0n) is 13.9. The molecule has 0 aliphatic heterocycles. The van der Waals surface area contributed by atoms with Crippen LogP contribution in [0.3, 0.4) is 0 Å². The third-order valence-corrected chi connectivity index (χ3v) is 3.69. The van der Waals surface area contributed by atoms with E-state index in [0.29, 0.717) is 13.2 Å². The molecule has 0 heterocycles. The first-order valence-corrected chi connectivity index (χ1v) is 7.83.